The first-order valence-corrected chi connectivity index (χ1v) is 6.28. The van der Waals surface area contributed by atoms with E-state index in [9.17, 15) is 4.79 Å². The zero-order valence-corrected chi connectivity index (χ0v) is 10.6. The van der Waals surface area contributed by atoms with Crippen molar-refractivity contribution >= 4 is 21.7 Å². The van der Waals surface area contributed by atoms with Crippen LogP contribution < -0.4 is 0 Å². The number of hydrogen-bond donors (Lipinski definition) is 0. The minimum absolute atomic E-state index is 0.0214. The number of Topliss-reactive ketones (excluding diaryl/α,β-unsaturated/α-hetero) is 1. The monoisotopic (exact) mass is 291 g/mol. The van der Waals surface area contributed by atoms with Gasteiger partial charge in [0, 0.05) is 6.20 Å². The third kappa shape index (κ3) is 1.82. The lowest BCUT2D eigenvalue weighted by Crippen LogP contribution is -2.10. The first-order chi connectivity index (χ1) is 8.25. The van der Waals surface area contributed by atoms with Crippen LogP contribution in [0.5, 0.6) is 0 Å². The van der Waals surface area contributed by atoms with Gasteiger partial charge >= 0.3 is 0 Å². The number of fused-ring (bicyclic) bond motifs is 1. The van der Waals surface area contributed by atoms with Crippen LogP contribution in [0.25, 0.3) is 0 Å². The number of rotatable bonds is 2. The van der Waals surface area contributed by atoms with Crippen LogP contribution in [0.3, 0.4) is 0 Å². The molecule has 0 radical (unpaired) electrons. The molecule has 0 saturated heterocycles. The van der Waals surface area contributed by atoms with Gasteiger partial charge in [0.2, 0.25) is 5.78 Å². The van der Waals surface area contributed by atoms with Gasteiger partial charge in [0.15, 0.2) is 10.4 Å². The van der Waals surface area contributed by atoms with Crippen LogP contribution in [0.2, 0.25) is 0 Å². The third-order valence-corrected chi connectivity index (χ3v) is 3.52. The van der Waals surface area contributed by atoms with E-state index >= 15 is 0 Å². The Labute approximate surface area is 107 Å². The Kier molecular flexibility index (Phi) is 2.59. The van der Waals surface area contributed by atoms with Crippen LogP contribution in [0.1, 0.15) is 34.2 Å². The first-order valence-electron chi connectivity index (χ1n) is 5.49. The van der Waals surface area contributed by atoms with Crippen LogP contribution in [0, 0.1) is 0 Å². The standard InChI is InChI=1S/C13H10BrNO2/c14-11-6-5-10(17-11)13(16)9-4-3-8-2-1-7-15-12(8)9/h1-2,5-7,9H,3-4H2. The maximum absolute atomic E-state index is 12.3. The lowest BCUT2D eigenvalue weighted by atomic mass is 9.99. The predicted molar refractivity (Wildman–Crippen MR) is 66.0 cm³/mol. The highest BCUT2D eigenvalue weighted by Gasteiger charge is 2.31. The summed E-state index contributed by atoms with van der Waals surface area (Å²) in [6.07, 6.45) is 3.48. The molecule has 0 aromatic carbocycles. The van der Waals surface area contributed by atoms with Crippen molar-refractivity contribution in [1.82, 2.24) is 4.98 Å². The van der Waals surface area contributed by atoms with Gasteiger partial charge in [0.25, 0.3) is 0 Å². The minimum atomic E-state index is -0.149. The van der Waals surface area contributed by atoms with Gasteiger partial charge in [-0.1, -0.05) is 6.07 Å². The van der Waals surface area contributed by atoms with Crippen molar-refractivity contribution in [3.05, 3.63) is 52.1 Å². The molecule has 86 valence electrons. The van der Waals surface area contributed by atoms with E-state index in [4.69, 9.17) is 4.42 Å². The SMILES string of the molecule is O=C(c1ccc(Br)o1)C1CCc2cccnc21. The molecule has 0 bridgehead atoms. The molecule has 1 atom stereocenters. The maximum Gasteiger partial charge on any atom is 0.207 e. The summed E-state index contributed by atoms with van der Waals surface area (Å²) in [5, 5.41) is 0. The fourth-order valence-electron chi connectivity index (χ4n) is 2.29. The van der Waals surface area contributed by atoms with E-state index in [1.165, 1.54) is 5.56 Å². The van der Waals surface area contributed by atoms with Gasteiger partial charge in [0.05, 0.1) is 11.6 Å². The van der Waals surface area contributed by atoms with Crippen LogP contribution in [0.15, 0.2) is 39.5 Å². The number of carbonyl (C=O) groups is 1. The molecule has 0 saturated carbocycles. The number of nitrogens with zero attached hydrogens (tertiary/aromatic N) is 1. The highest BCUT2D eigenvalue weighted by Crippen LogP contribution is 2.34. The number of halogens is 1. The van der Waals surface area contributed by atoms with Crippen molar-refractivity contribution in [2.24, 2.45) is 0 Å². The first kappa shape index (κ1) is 10.7. The smallest absolute Gasteiger partial charge is 0.207 e. The summed E-state index contributed by atoms with van der Waals surface area (Å²) in [5.74, 6) is 0.276. The summed E-state index contributed by atoms with van der Waals surface area (Å²) >= 11 is 3.21. The van der Waals surface area contributed by atoms with Crippen molar-refractivity contribution < 1.29 is 9.21 Å². The number of pyridine rings is 1. The van der Waals surface area contributed by atoms with Gasteiger partial charge in [0.1, 0.15) is 0 Å². The van der Waals surface area contributed by atoms with Crippen molar-refractivity contribution in [3.63, 3.8) is 0 Å². The van der Waals surface area contributed by atoms with Gasteiger partial charge in [-0.25, -0.2) is 0 Å². The van der Waals surface area contributed by atoms with Crippen LogP contribution in [0.4, 0.5) is 0 Å². The van der Waals surface area contributed by atoms with Crippen molar-refractivity contribution in [1.29, 1.82) is 0 Å². The molecule has 4 heteroatoms. The number of hydrogen-bond acceptors (Lipinski definition) is 3. The summed E-state index contributed by atoms with van der Waals surface area (Å²) in [7, 11) is 0. The molecule has 17 heavy (non-hydrogen) atoms. The van der Waals surface area contributed by atoms with Crippen LogP contribution in [-0.2, 0) is 6.42 Å². The second-order valence-electron chi connectivity index (χ2n) is 4.11. The topological polar surface area (TPSA) is 43.1 Å². The molecule has 1 aliphatic rings. The summed E-state index contributed by atoms with van der Waals surface area (Å²) < 4.78 is 5.90. The fourth-order valence-corrected chi connectivity index (χ4v) is 2.59. The predicted octanol–water partition coefficient (Wildman–Crippen LogP) is 3.35. The van der Waals surface area contributed by atoms with Crippen molar-refractivity contribution in [2.45, 2.75) is 18.8 Å². The third-order valence-electron chi connectivity index (χ3n) is 3.09. The van der Waals surface area contributed by atoms with E-state index in [0.717, 1.165) is 18.5 Å². The Morgan fingerprint density at radius 3 is 3.06 bits per heavy atom. The van der Waals surface area contributed by atoms with E-state index in [1.807, 2.05) is 12.1 Å². The summed E-state index contributed by atoms with van der Waals surface area (Å²) in [5.41, 5.74) is 2.08. The van der Waals surface area contributed by atoms with Gasteiger partial charge in [-0.2, -0.15) is 0 Å². The van der Waals surface area contributed by atoms with Gasteiger partial charge in [-0.15, -0.1) is 0 Å². The lowest BCUT2D eigenvalue weighted by Gasteiger charge is -2.06. The molecule has 0 amide bonds. The zero-order valence-electron chi connectivity index (χ0n) is 9.02. The van der Waals surface area contributed by atoms with E-state index in [-0.39, 0.29) is 11.7 Å². The molecule has 2 heterocycles. The molecule has 1 aliphatic carbocycles. The molecule has 0 spiro atoms. The molecule has 0 aliphatic heterocycles. The number of ketones is 1. The zero-order chi connectivity index (χ0) is 11.8. The molecule has 2 aromatic heterocycles. The Bertz CT molecular complexity index is 576. The van der Waals surface area contributed by atoms with Crippen LogP contribution in [-0.4, -0.2) is 10.8 Å². The number of aromatic nitrogens is 1. The molecular formula is C13H10BrNO2. The summed E-state index contributed by atoms with van der Waals surface area (Å²) in [4.78, 5) is 16.6. The number of furan rings is 1. The Balaban J connectivity index is 1.95. The molecule has 2 aromatic rings. The molecule has 3 rings (SSSR count). The maximum atomic E-state index is 12.3. The minimum Gasteiger partial charge on any atom is -0.446 e. The second kappa shape index (κ2) is 4.11. The molecule has 1 unspecified atom stereocenters. The number of aryl methyl sites for hydroxylation is 1. The van der Waals surface area contributed by atoms with Gasteiger partial charge in [-0.05, 0) is 52.5 Å². The molecule has 3 nitrogen and oxygen atoms in total. The van der Waals surface area contributed by atoms with Gasteiger partial charge < -0.3 is 4.42 Å². The average molecular weight is 292 g/mol. The quantitative estimate of drug-likeness (QED) is 0.797. The number of carbonyl (C=O) groups excluding carboxylic acids is 1. The largest absolute Gasteiger partial charge is 0.446 e. The van der Waals surface area contributed by atoms with Crippen molar-refractivity contribution in [3.8, 4) is 0 Å². The Morgan fingerprint density at radius 1 is 1.41 bits per heavy atom. The highest BCUT2D eigenvalue weighted by molar-refractivity contribution is 9.10. The van der Waals surface area contributed by atoms with E-state index in [1.54, 1.807) is 18.3 Å². The average Bonchev–Trinajstić information content (AvgIpc) is 2.94. The molecule has 0 N–H and O–H groups in total. The van der Waals surface area contributed by atoms with Crippen molar-refractivity contribution in [2.75, 3.05) is 0 Å². The molecule has 0 fully saturated rings. The Hall–Kier alpha value is -1.42. The van der Waals surface area contributed by atoms with Gasteiger partial charge in [-0.3, -0.25) is 9.78 Å². The summed E-state index contributed by atoms with van der Waals surface area (Å²) in [6, 6.07) is 7.39. The van der Waals surface area contributed by atoms with Crippen LogP contribution >= 0.6 is 15.9 Å². The highest BCUT2D eigenvalue weighted by atomic mass is 79.9. The second-order valence-corrected chi connectivity index (χ2v) is 4.89. The lowest BCUT2D eigenvalue weighted by molar-refractivity contribution is 0.0929. The molecular weight excluding hydrogens is 282 g/mol. The fraction of sp³-hybridized carbons (Fsp3) is 0.231. The Morgan fingerprint density at radius 2 is 2.29 bits per heavy atom. The summed E-state index contributed by atoms with van der Waals surface area (Å²) in [6.45, 7) is 0. The normalized spacial score (nSPS) is 18.1. The van der Waals surface area contributed by atoms with E-state index in [0.29, 0.717) is 10.4 Å². The van der Waals surface area contributed by atoms with E-state index < -0.39 is 0 Å². The van der Waals surface area contributed by atoms with E-state index in [2.05, 4.69) is 20.9 Å².